The summed E-state index contributed by atoms with van der Waals surface area (Å²) in [6.45, 7) is 4.68. The lowest BCUT2D eigenvalue weighted by Crippen LogP contribution is -2.31. The fraction of sp³-hybridized carbons (Fsp3) is 0.292. The first-order valence-corrected chi connectivity index (χ1v) is 10.4. The van der Waals surface area contributed by atoms with E-state index in [1.165, 1.54) is 4.90 Å². The predicted molar refractivity (Wildman–Crippen MR) is 117 cm³/mol. The summed E-state index contributed by atoms with van der Waals surface area (Å²) >= 11 is 0. The first-order valence-electron chi connectivity index (χ1n) is 10.4. The molecule has 1 aliphatic rings. The molecule has 7 heteroatoms. The zero-order valence-electron chi connectivity index (χ0n) is 17.5. The number of nitrogens with zero attached hydrogens (tertiary/aromatic N) is 2. The number of nitrogens with one attached hydrogen (secondary N) is 1. The third-order valence-electron chi connectivity index (χ3n) is 5.35. The number of aliphatic hydroxyl groups is 1. The summed E-state index contributed by atoms with van der Waals surface area (Å²) in [7, 11) is 0. The number of pyridine rings is 1. The van der Waals surface area contributed by atoms with Crippen LogP contribution in [0.1, 0.15) is 37.6 Å². The lowest BCUT2D eigenvalue weighted by atomic mass is 9.98. The molecule has 1 unspecified atom stereocenters. The van der Waals surface area contributed by atoms with E-state index in [2.05, 4.69) is 9.97 Å². The number of H-pyrrole nitrogens is 1. The van der Waals surface area contributed by atoms with Crippen LogP contribution >= 0.6 is 0 Å². The van der Waals surface area contributed by atoms with Crippen molar-refractivity contribution in [3.8, 4) is 0 Å². The second kappa shape index (κ2) is 8.73. The Hall–Kier alpha value is -3.45. The number of benzene rings is 1. The van der Waals surface area contributed by atoms with E-state index in [9.17, 15) is 14.7 Å². The molecule has 1 atom stereocenters. The van der Waals surface area contributed by atoms with Gasteiger partial charge in [0.1, 0.15) is 11.8 Å². The third kappa shape index (κ3) is 3.96. The van der Waals surface area contributed by atoms with Crippen molar-refractivity contribution >= 4 is 28.4 Å². The van der Waals surface area contributed by atoms with Gasteiger partial charge in [0.25, 0.3) is 11.7 Å². The largest absolute Gasteiger partial charge is 0.507 e. The summed E-state index contributed by atoms with van der Waals surface area (Å²) in [5.74, 6) is -1.54. The zero-order valence-corrected chi connectivity index (χ0v) is 17.5. The number of fused-ring (bicyclic) bond motifs is 1. The third-order valence-corrected chi connectivity index (χ3v) is 5.35. The minimum absolute atomic E-state index is 0.0539. The standard InChI is InChI=1S/C24H25N3O4/c1-15(2)31-13-7-12-27-21(19-10-5-6-11-25-19)20(23(29)24(27)30)22(28)17-14-26-18-9-4-3-8-16(17)18/h3-6,8-11,14-15,21,26,28H,7,12-13H2,1-2H3/b22-20-. The van der Waals surface area contributed by atoms with Gasteiger partial charge in [0.2, 0.25) is 0 Å². The van der Waals surface area contributed by atoms with Crippen LogP contribution in [0, 0.1) is 0 Å². The number of Topliss-reactive ketones (excluding diaryl/α,β-unsaturated/α-hetero) is 1. The number of hydrogen-bond donors (Lipinski definition) is 2. The van der Waals surface area contributed by atoms with Gasteiger partial charge < -0.3 is 19.7 Å². The highest BCUT2D eigenvalue weighted by atomic mass is 16.5. The van der Waals surface area contributed by atoms with Gasteiger partial charge in [-0.15, -0.1) is 0 Å². The highest BCUT2D eigenvalue weighted by Gasteiger charge is 2.46. The molecule has 2 N–H and O–H groups in total. The number of aromatic nitrogens is 2. The molecule has 7 nitrogen and oxygen atoms in total. The first-order chi connectivity index (χ1) is 15.0. The smallest absolute Gasteiger partial charge is 0.295 e. The molecule has 1 fully saturated rings. The lowest BCUT2D eigenvalue weighted by Gasteiger charge is -2.24. The first kappa shape index (κ1) is 20.8. The molecule has 0 radical (unpaired) electrons. The summed E-state index contributed by atoms with van der Waals surface area (Å²) in [4.78, 5) is 34.9. The van der Waals surface area contributed by atoms with E-state index in [0.717, 1.165) is 10.9 Å². The molecule has 1 aliphatic heterocycles. The summed E-state index contributed by atoms with van der Waals surface area (Å²) in [5, 5.41) is 12.0. The summed E-state index contributed by atoms with van der Waals surface area (Å²) in [6, 6.07) is 12.1. The average molecular weight is 419 g/mol. The van der Waals surface area contributed by atoms with E-state index in [0.29, 0.717) is 30.8 Å². The molecular formula is C24H25N3O4. The van der Waals surface area contributed by atoms with E-state index in [4.69, 9.17) is 4.74 Å². The minimum atomic E-state index is -0.756. The Kier molecular flexibility index (Phi) is 5.86. The van der Waals surface area contributed by atoms with Crippen LogP contribution in [0.4, 0.5) is 0 Å². The highest BCUT2D eigenvalue weighted by Crippen LogP contribution is 2.39. The number of amides is 1. The van der Waals surface area contributed by atoms with Gasteiger partial charge >= 0.3 is 0 Å². The molecule has 2 aromatic heterocycles. The second-order valence-electron chi connectivity index (χ2n) is 7.77. The minimum Gasteiger partial charge on any atom is -0.507 e. The monoisotopic (exact) mass is 419 g/mol. The van der Waals surface area contributed by atoms with Gasteiger partial charge in [-0.3, -0.25) is 14.6 Å². The van der Waals surface area contributed by atoms with Gasteiger partial charge in [-0.05, 0) is 38.5 Å². The Balaban J connectivity index is 1.77. The Bertz CT molecular complexity index is 1130. The van der Waals surface area contributed by atoms with Crippen LogP contribution in [0.5, 0.6) is 0 Å². The van der Waals surface area contributed by atoms with Crippen molar-refractivity contribution in [2.24, 2.45) is 0 Å². The Labute approximate surface area is 180 Å². The average Bonchev–Trinajstić information content (AvgIpc) is 3.31. The topological polar surface area (TPSA) is 95.5 Å². The number of rotatable bonds is 7. The number of para-hydroxylation sites is 1. The maximum atomic E-state index is 13.0. The number of carbonyl (C=O) groups is 2. The normalized spacial score (nSPS) is 18.4. The molecule has 0 bridgehead atoms. The maximum Gasteiger partial charge on any atom is 0.295 e. The summed E-state index contributed by atoms with van der Waals surface area (Å²) < 4.78 is 5.58. The number of likely N-dealkylation sites (tertiary alicyclic amines) is 1. The molecule has 1 amide bonds. The van der Waals surface area contributed by atoms with Crippen molar-refractivity contribution in [3.63, 3.8) is 0 Å². The number of aromatic amines is 1. The summed E-state index contributed by atoms with van der Waals surface area (Å²) in [5.41, 5.74) is 1.90. The molecule has 0 aliphatic carbocycles. The molecule has 1 aromatic carbocycles. The van der Waals surface area contributed by atoms with E-state index in [-0.39, 0.29) is 17.4 Å². The fourth-order valence-electron chi connectivity index (χ4n) is 3.92. The molecule has 0 spiro atoms. The molecule has 3 aromatic rings. The van der Waals surface area contributed by atoms with E-state index in [1.807, 2.05) is 38.1 Å². The lowest BCUT2D eigenvalue weighted by molar-refractivity contribution is -0.140. The number of hydrogen-bond acceptors (Lipinski definition) is 5. The van der Waals surface area contributed by atoms with Crippen molar-refractivity contribution in [3.05, 3.63) is 71.7 Å². The molecule has 1 saturated heterocycles. The highest BCUT2D eigenvalue weighted by molar-refractivity contribution is 6.46. The summed E-state index contributed by atoms with van der Waals surface area (Å²) in [6.07, 6.45) is 3.92. The quantitative estimate of drug-likeness (QED) is 0.263. The molecule has 160 valence electrons. The molecule has 0 saturated carbocycles. The van der Waals surface area contributed by atoms with E-state index >= 15 is 0 Å². The molecular weight excluding hydrogens is 394 g/mol. The zero-order chi connectivity index (χ0) is 22.0. The van der Waals surface area contributed by atoms with Crippen LogP contribution in [-0.2, 0) is 14.3 Å². The van der Waals surface area contributed by atoms with Crippen molar-refractivity contribution in [1.82, 2.24) is 14.9 Å². The van der Waals surface area contributed by atoms with Crippen molar-refractivity contribution < 1.29 is 19.4 Å². The van der Waals surface area contributed by atoms with Gasteiger partial charge in [0.15, 0.2) is 0 Å². The van der Waals surface area contributed by atoms with Gasteiger partial charge in [-0.25, -0.2) is 0 Å². The van der Waals surface area contributed by atoms with Crippen LogP contribution in [0.25, 0.3) is 16.7 Å². The number of ether oxygens (including phenoxy) is 1. The molecule has 31 heavy (non-hydrogen) atoms. The van der Waals surface area contributed by atoms with Crippen LogP contribution in [0.3, 0.4) is 0 Å². The second-order valence-corrected chi connectivity index (χ2v) is 7.77. The van der Waals surface area contributed by atoms with Gasteiger partial charge in [0, 0.05) is 42.0 Å². The van der Waals surface area contributed by atoms with E-state index in [1.54, 1.807) is 30.6 Å². The van der Waals surface area contributed by atoms with Gasteiger partial charge in [-0.1, -0.05) is 24.3 Å². The van der Waals surface area contributed by atoms with Gasteiger partial charge in [-0.2, -0.15) is 0 Å². The van der Waals surface area contributed by atoms with Gasteiger partial charge in [0.05, 0.1) is 17.4 Å². The van der Waals surface area contributed by atoms with Crippen molar-refractivity contribution in [2.75, 3.05) is 13.2 Å². The number of aliphatic hydroxyl groups excluding tert-OH is 1. The van der Waals surface area contributed by atoms with E-state index < -0.39 is 17.7 Å². The predicted octanol–water partition coefficient (Wildman–Crippen LogP) is 3.80. The number of ketones is 1. The Morgan fingerprint density at radius 2 is 1.97 bits per heavy atom. The van der Waals surface area contributed by atoms with Crippen LogP contribution in [0.2, 0.25) is 0 Å². The number of carbonyl (C=O) groups excluding carboxylic acids is 2. The fourth-order valence-corrected chi connectivity index (χ4v) is 3.92. The van der Waals surface area contributed by atoms with Crippen molar-refractivity contribution in [2.45, 2.75) is 32.4 Å². The SMILES string of the molecule is CC(C)OCCCN1C(=O)C(=O)/C(=C(\O)c2c[nH]c3ccccc23)C1c1ccccn1. The maximum absolute atomic E-state index is 13.0. The van der Waals surface area contributed by atoms with Crippen LogP contribution in [0.15, 0.2) is 60.4 Å². The van der Waals surface area contributed by atoms with Crippen LogP contribution in [-0.4, -0.2) is 50.9 Å². The van der Waals surface area contributed by atoms with Crippen LogP contribution < -0.4 is 0 Å². The van der Waals surface area contributed by atoms with Crippen molar-refractivity contribution in [1.29, 1.82) is 0 Å². The molecule has 4 rings (SSSR count). The molecule has 3 heterocycles. The Morgan fingerprint density at radius 1 is 1.19 bits per heavy atom. The Morgan fingerprint density at radius 3 is 2.71 bits per heavy atom.